The van der Waals surface area contributed by atoms with E-state index in [0.29, 0.717) is 0 Å². The summed E-state index contributed by atoms with van der Waals surface area (Å²) in [4.78, 5) is 2.56. The number of fused-ring (bicyclic) bond motifs is 3. The van der Waals surface area contributed by atoms with Gasteiger partial charge in [-0.1, -0.05) is 15.9 Å². The van der Waals surface area contributed by atoms with Crippen molar-refractivity contribution < 1.29 is 4.74 Å². The highest BCUT2D eigenvalue weighted by molar-refractivity contribution is 9.11. The van der Waals surface area contributed by atoms with Crippen molar-refractivity contribution in [2.24, 2.45) is 5.92 Å². The summed E-state index contributed by atoms with van der Waals surface area (Å²) in [6, 6.07) is 4.30. The van der Waals surface area contributed by atoms with Gasteiger partial charge in [-0.15, -0.1) is 12.4 Å². The second-order valence-corrected chi connectivity index (χ2v) is 7.54. The van der Waals surface area contributed by atoms with Crippen LogP contribution in [0, 0.1) is 5.92 Å². The van der Waals surface area contributed by atoms with E-state index in [1.807, 2.05) is 0 Å². The molecule has 0 N–H and O–H groups in total. The van der Waals surface area contributed by atoms with Gasteiger partial charge >= 0.3 is 0 Å². The highest BCUT2D eigenvalue weighted by atomic mass is 79.9. The second kappa shape index (κ2) is 4.90. The quantitative estimate of drug-likeness (QED) is 0.641. The molecule has 4 aliphatic heterocycles. The Balaban J connectivity index is 0.00000110. The van der Waals surface area contributed by atoms with Crippen LogP contribution in [0.1, 0.15) is 18.4 Å². The molecule has 1 aromatic rings. The minimum absolute atomic E-state index is 0. The van der Waals surface area contributed by atoms with Gasteiger partial charge in [-0.3, -0.25) is 4.90 Å². The fourth-order valence-electron chi connectivity index (χ4n) is 3.86. The van der Waals surface area contributed by atoms with Crippen molar-refractivity contribution in [3.63, 3.8) is 0 Å². The Hall–Kier alpha value is 0.230. The Morgan fingerprint density at radius 3 is 2.58 bits per heavy atom. The summed E-state index contributed by atoms with van der Waals surface area (Å²) in [7, 11) is 0. The van der Waals surface area contributed by atoms with Crippen LogP contribution in [0.2, 0.25) is 0 Å². The van der Waals surface area contributed by atoms with Gasteiger partial charge in [-0.2, -0.15) is 0 Å². The van der Waals surface area contributed by atoms with E-state index in [1.165, 1.54) is 31.5 Å². The van der Waals surface area contributed by atoms with E-state index in [2.05, 4.69) is 48.9 Å². The lowest BCUT2D eigenvalue weighted by atomic mass is 9.73. The lowest BCUT2D eigenvalue weighted by Crippen LogP contribution is -2.61. The van der Waals surface area contributed by atoms with Gasteiger partial charge in [0.1, 0.15) is 11.4 Å². The van der Waals surface area contributed by atoms with Gasteiger partial charge in [-0.25, -0.2) is 0 Å². The first-order valence-corrected chi connectivity index (χ1v) is 8.14. The van der Waals surface area contributed by atoms with Gasteiger partial charge < -0.3 is 4.74 Å². The van der Waals surface area contributed by atoms with Gasteiger partial charge in [0.05, 0.1) is 4.47 Å². The summed E-state index contributed by atoms with van der Waals surface area (Å²) in [5.74, 6) is 1.81. The van der Waals surface area contributed by atoms with Gasteiger partial charge in [-0.05, 0) is 54.0 Å². The van der Waals surface area contributed by atoms with E-state index in [4.69, 9.17) is 4.74 Å². The zero-order valence-electron chi connectivity index (χ0n) is 10.5. The molecule has 1 aromatic carbocycles. The smallest absolute Gasteiger partial charge is 0.137 e. The predicted octanol–water partition coefficient (Wildman–Crippen LogP) is 4.03. The number of rotatable bonds is 0. The number of benzene rings is 1. The molecule has 3 saturated heterocycles. The fourth-order valence-corrected chi connectivity index (χ4v) is 5.26. The molecule has 1 unspecified atom stereocenters. The van der Waals surface area contributed by atoms with Crippen molar-refractivity contribution >= 4 is 44.3 Å². The van der Waals surface area contributed by atoms with Gasteiger partial charge in [0.15, 0.2) is 0 Å². The average molecular weight is 410 g/mol. The van der Waals surface area contributed by atoms with E-state index in [0.717, 1.165) is 33.6 Å². The topological polar surface area (TPSA) is 12.5 Å². The van der Waals surface area contributed by atoms with Crippen LogP contribution >= 0.6 is 44.3 Å². The summed E-state index contributed by atoms with van der Waals surface area (Å²) in [6.07, 6.45) is 3.67. The molecular formula is C14H16Br2ClNO. The van der Waals surface area contributed by atoms with Crippen molar-refractivity contribution in [3.8, 4) is 5.75 Å². The minimum atomic E-state index is 0. The molecule has 4 aliphatic rings. The number of hydrogen-bond acceptors (Lipinski definition) is 2. The summed E-state index contributed by atoms with van der Waals surface area (Å²) < 4.78 is 8.66. The fraction of sp³-hybridized carbons (Fsp3) is 0.571. The molecule has 5 rings (SSSR count). The number of ether oxygens (including phenoxy) is 1. The third-order valence-corrected chi connectivity index (χ3v) is 5.75. The summed E-state index contributed by atoms with van der Waals surface area (Å²) in [6.45, 7) is 3.63. The summed E-state index contributed by atoms with van der Waals surface area (Å²) in [5, 5.41) is 0. The molecule has 2 bridgehead atoms. The maximum absolute atomic E-state index is 6.45. The minimum Gasteiger partial charge on any atom is -0.484 e. The Labute approximate surface area is 136 Å². The maximum atomic E-state index is 6.45. The first-order chi connectivity index (χ1) is 8.66. The maximum Gasteiger partial charge on any atom is 0.137 e. The van der Waals surface area contributed by atoms with E-state index < -0.39 is 0 Å². The zero-order valence-corrected chi connectivity index (χ0v) is 14.5. The molecule has 4 heterocycles. The highest BCUT2D eigenvalue weighted by Gasteiger charge is 2.52. The Morgan fingerprint density at radius 1 is 1.21 bits per heavy atom. The molecule has 3 fully saturated rings. The molecule has 0 aliphatic carbocycles. The molecule has 0 aromatic heterocycles. The van der Waals surface area contributed by atoms with Crippen molar-refractivity contribution in [1.82, 2.24) is 4.90 Å². The molecule has 2 nitrogen and oxygen atoms in total. The number of halogens is 3. The van der Waals surface area contributed by atoms with Crippen LogP contribution in [0.5, 0.6) is 5.75 Å². The lowest BCUT2D eigenvalue weighted by Gasteiger charge is -2.50. The Morgan fingerprint density at radius 2 is 1.95 bits per heavy atom. The SMILES string of the molecule is Brc1cc(Br)c2c(c1)CC1(CN3CCC1CC3)O2.Cl. The van der Waals surface area contributed by atoms with Crippen molar-refractivity contribution in [2.75, 3.05) is 19.6 Å². The van der Waals surface area contributed by atoms with Crippen molar-refractivity contribution in [2.45, 2.75) is 24.9 Å². The monoisotopic (exact) mass is 407 g/mol. The lowest BCUT2D eigenvalue weighted by molar-refractivity contribution is -0.0801. The van der Waals surface area contributed by atoms with Crippen LogP contribution in [0.3, 0.4) is 0 Å². The van der Waals surface area contributed by atoms with Crippen LogP contribution in [0.15, 0.2) is 21.1 Å². The molecule has 19 heavy (non-hydrogen) atoms. The highest BCUT2D eigenvalue weighted by Crippen LogP contribution is 2.49. The summed E-state index contributed by atoms with van der Waals surface area (Å²) in [5.41, 5.74) is 1.41. The molecule has 104 valence electrons. The first kappa shape index (κ1) is 14.2. The van der Waals surface area contributed by atoms with Crippen LogP contribution in [0.25, 0.3) is 0 Å². The molecular weight excluding hydrogens is 393 g/mol. The molecule has 0 radical (unpaired) electrons. The zero-order chi connectivity index (χ0) is 12.3. The number of hydrogen-bond donors (Lipinski definition) is 0. The van der Waals surface area contributed by atoms with Crippen LogP contribution in [-0.2, 0) is 6.42 Å². The van der Waals surface area contributed by atoms with Gasteiger partial charge in [0.25, 0.3) is 0 Å². The standard InChI is InChI=1S/C14H15Br2NO.ClH/c15-11-5-9-7-14(18-13(9)12(16)6-11)8-17-3-1-10(14)2-4-17;/h5-6,10H,1-4,7-8H2;1H. The Kier molecular flexibility index (Phi) is 3.66. The molecule has 1 spiro atoms. The normalized spacial score (nSPS) is 34.8. The number of piperidine rings is 3. The third-order valence-electron chi connectivity index (χ3n) is 4.70. The van der Waals surface area contributed by atoms with Crippen LogP contribution in [-0.4, -0.2) is 30.1 Å². The van der Waals surface area contributed by atoms with E-state index in [1.54, 1.807) is 0 Å². The second-order valence-electron chi connectivity index (χ2n) is 5.77. The van der Waals surface area contributed by atoms with Crippen LogP contribution < -0.4 is 4.74 Å². The molecule has 0 saturated carbocycles. The van der Waals surface area contributed by atoms with Crippen LogP contribution in [0.4, 0.5) is 0 Å². The van der Waals surface area contributed by atoms with Gasteiger partial charge in [0, 0.05) is 28.9 Å². The van der Waals surface area contributed by atoms with Crippen molar-refractivity contribution in [1.29, 1.82) is 0 Å². The van der Waals surface area contributed by atoms with E-state index in [9.17, 15) is 0 Å². The molecule has 1 atom stereocenters. The molecule has 0 amide bonds. The van der Waals surface area contributed by atoms with Gasteiger partial charge in [0.2, 0.25) is 0 Å². The summed E-state index contributed by atoms with van der Waals surface area (Å²) >= 11 is 7.21. The third kappa shape index (κ3) is 2.15. The van der Waals surface area contributed by atoms with Crippen molar-refractivity contribution in [3.05, 3.63) is 26.6 Å². The van der Waals surface area contributed by atoms with E-state index >= 15 is 0 Å². The van der Waals surface area contributed by atoms with E-state index in [-0.39, 0.29) is 18.0 Å². The first-order valence-electron chi connectivity index (χ1n) is 6.56. The molecule has 5 heteroatoms. The average Bonchev–Trinajstić information content (AvgIpc) is 2.69. The Bertz CT molecular complexity index is 516. The largest absolute Gasteiger partial charge is 0.484 e. The predicted molar refractivity (Wildman–Crippen MR) is 85.3 cm³/mol. The number of nitrogens with zero attached hydrogens (tertiary/aromatic N) is 1.